The minimum Gasteiger partial charge on any atom is -0.451 e. The molecule has 0 aliphatic carbocycles. The van der Waals surface area contributed by atoms with Gasteiger partial charge in [0.1, 0.15) is 9.92 Å². The van der Waals surface area contributed by atoms with Crippen LogP contribution in [0, 0.1) is 13.8 Å². The molecule has 30 heavy (non-hydrogen) atoms. The fraction of sp³-hybridized carbons (Fsp3) is 0.136. The molecule has 4 rings (SSSR count). The summed E-state index contributed by atoms with van der Waals surface area (Å²) in [5.41, 5.74) is 8.79. The molecule has 0 fully saturated rings. The minimum absolute atomic E-state index is 0.182. The van der Waals surface area contributed by atoms with Crippen molar-refractivity contribution in [3.63, 3.8) is 0 Å². The van der Waals surface area contributed by atoms with E-state index in [9.17, 15) is 9.59 Å². The molecular formula is C22H19N3O3S2. The summed E-state index contributed by atoms with van der Waals surface area (Å²) in [7, 11) is 0. The Labute approximate surface area is 181 Å². The highest BCUT2D eigenvalue weighted by atomic mass is 32.2. The SMILES string of the molecule is Cc1csc(SCc2ccc(C(=O)NNC(=O)c3oc4ccccc4c3C)cc2)n1. The molecule has 4 aromatic rings. The second kappa shape index (κ2) is 8.73. The standard InChI is InChI=1S/C22H19N3O3S2/c1-13-11-29-22(23-13)30-12-15-7-9-16(10-8-15)20(26)24-25-21(27)19-14(2)17-5-3-4-6-18(17)28-19/h3-11H,12H2,1-2H3,(H,24,26)(H,25,27). The Bertz CT molecular complexity index is 1210. The number of furan rings is 1. The molecule has 2 amide bonds. The quantitative estimate of drug-likeness (QED) is 0.344. The van der Waals surface area contributed by atoms with Gasteiger partial charge in [-0.05, 0) is 37.6 Å². The highest BCUT2D eigenvalue weighted by Crippen LogP contribution is 2.26. The molecule has 0 radical (unpaired) electrons. The van der Waals surface area contributed by atoms with Crippen LogP contribution in [0.4, 0.5) is 0 Å². The third kappa shape index (κ3) is 4.39. The summed E-state index contributed by atoms with van der Waals surface area (Å²) in [6.45, 7) is 3.79. The van der Waals surface area contributed by atoms with Crippen LogP contribution in [-0.2, 0) is 5.75 Å². The molecule has 0 unspecified atom stereocenters. The Morgan fingerprint density at radius 3 is 2.47 bits per heavy atom. The maximum atomic E-state index is 12.4. The Morgan fingerprint density at radius 1 is 1.03 bits per heavy atom. The monoisotopic (exact) mass is 437 g/mol. The van der Waals surface area contributed by atoms with Gasteiger partial charge in [0.25, 0.3) is 5.91 Å². The Hall–Kier alpha value is -3.10. The maximum absolute atomic E-state index is 12.4. The number of hydrogen-bond donors (Lipinski definition) is 2. The maximum Gasteiger partial charge on any atom is 0.305 e. The van der Waals surface area contributed by atoms with Gasteiger partial charge in [-0.1, -0.05) is 42.1 Å². The first-order valence-corrected chi connectivity index (χ1v) is 11.1. The van der Waals surface area contributed by atoms with Crippen LogP contribution in [0.2, 0.25) is 0 Å². The van der Waals surface area contributed by atoms with E-state index in [1.165, 1.54) is 0 Å². The number of amides is 2. The molecule has 0 atom stereocenters. The molecule has 6 nitrogen and oxygen atoms in total. The van der Waals surface area contributed by atoms with Crippen molar-refractivity contribution in [3.05, 3.63) is 82.1 Å². The molecule has 2 aromatic carbocycles. The van der Waals surface area contributed by atoms with Gasteiger partial charge in [0.2, 0.25) is 0 Å². The molecule has 0 saturated heterocycles. The highest BCUT2D eigenvalue weighted by molar-refractivity contribution is 8.00. The summed E-state index contributed by atoms with van der Waals surface area (Å²) in [6, 6.07) is 14.7. The van der Waals surface area contributed by atoms with E-state index in [4.69, 9.17) is 4.42 Å². The number of carbonyl (C=O) groups excluding carboxylic acids is 2. The Balaban J connectivity index is 1.34. The number of nitrogens with one attached hydrogen (secondary N) is 2. The van der Waals surface area contributed by atoms with Gasteiger partial charge in [-0.2, -0.15) is 0 Å². The van der Waals surface area contributed by atoms with Crippen LogP contribution in [0.5, 0.6) is 0 Å². The van der Waals surface area contributed by atoms with E-state index >= 15 is 0 Å². The van der Waals surface area contributed by atoms with Crippen molar-refractivity contribution in [2.45, 2.75) is 23.9 Å². The van der Waals surface area contributed by atoms with Gasteiger partial charge in [-0.3, -0.25) is 20.4 Å². The van der Waals surface area contributed by atoms with Crippen molar-refractivity contribution < 1.29 is 14.0 Å². The van der Waals surface area contributed by atoms with Crippen LogP contribution in [0.25, 0.3) is 11.0 Å². The van der Waals surface area contributed by atoms with Crippen molar-refractivity contribution >= 4 is 45.9 Å². The first-order chi connectivity index (χ1) is 14.5. The van der Waals surface area contributed by atoms with Crippen LogP contribution in [-0.4, -0.2) is 16.8 Å². The molecule has 0 bridgehead atoms. The number of benzene rings is 2. The fourth-order valence-electron chi connectivity index (χ4n) is 2.93. The van der Waals surface area contributed by atoms with E-state index < -0.39 is 11.8 Å². The third-order valence-electron chi connectivity index (χ3n) is 4.52. The summed E-state index contributed by atoms with van der Waals surface area (Å²) in [4.78, 5) is 29.2. The predicted molar refractivity (Wildman–Crippen MR) is 119 cm³/mol. The van der Waals surface area contributed by atoms with Crippen molar-refractivity contribution in [1.82, 2.24) is 15.8 Å². The number of aromatic nitrogens is 1. The second-order valence-corrected chi connectivity index (χ2v) is 8.78. The molecule has 2 aromatic heterocycles. The lowest BCUT2D eigenvalue weighted by molar-refractivity contribution is 0.0831. The van der Waals surface area contributed by atoms with E-state index in [1.807, 2.05) is 49.6 Å². The Morgan fingerprint density at radius 2 is 1.77 bits per heavy atom. The average Bonchev–Trinajstić information content (AvgIpc) is 3.34. The molecule has 0 aliphatic rings. The number of rotatable bonds is 5. The molecule has 0 aliphatic heterocycles. The van der Waals surface area contributed by atoms with Crippen molar-refractivity contribution in [1.29, 1.82) is 0 Å². The zero-order valence-corrected chi connectivity index (χ0v) is 18.0. The van der Waals surface area contributed by atoms with Crippen LogP contribution < -0.4 is 10.9 Å². The molecule has 0 saturated carbocycles. The van der Waals surface area contributed by atoms with Gasteiger partial charge >= 0.3 is 5.91 Å². The third-order valence-corrected chi connectivity index (χ3v) is 6.73. The topological polar surface area (TPSA) is 84.2 Å². The smallest absolute Gasteiger partial charge is 0.305 e. The minimum atomic E-state index is -0.496. The van der Waals surface area contributed by atoms with E-state index in [-0.39, 0.29) is 5.76 Å². The highest BCUT2D eigenvalue weighted by Gasteiger charge is 2.18. The zero-order valence-electron chi connectivity index (χ0n) is 16.4. The van der Waals surface area contributed by atoms with Crippen LogP contribution >= 0.6 is 23.1 Å². The number of carbonyl (C=O) groups is 2. The average molecular weight is 438 g/mol. The number of para-hydroxylation sites is 1. The number of thiazole rings is 1. The lowest BCUT2D eigenvalue weighted by Gasteiger charge is -2.07. The Kier molecular flexibility index (Phi) is 5.87. The van der Waals surface area contributed by atoms with Crippen LogP contribution in [0.15, 0.2) is 62.7 Å². The van der Waals surface area contributed by atoms with Crippen molar-refractivity contribution in [3.8, 4) is 0 Å². The van der Waals surface area contributed by atoms with Crippen LogP contribution in [0.3, 0.4) is 0 Å². The normalized spacial score (nSPS) is 10.9. The summed E-state index contributed by atoms with van der Waals surface area (Å²) in [5.74, 6) is 0.0636. The molecule has 2 N–H and O–H groups in total. The number of fused-ring (bicyclic) bond motifs is 1. The van der Waals surface area contributed by atoms with Gasteiger partial charge in [-0.15, -0.1) is 11.3 Å². The van der Waals surface area contributed by atoms with Crippen molar-refractivity contribution in [2.75, 3.05) is 0 Å². The lowest BCUT2D eigenvalue weighted by Crippen LogP contribution is -2.41. The molecule has 8 heteroatoms. The second-order valence-electron chi connectivity index (χ2n) is 6.70. The van der Waals surface area contributed by atoms with E-state index in [0.717, 1.165) is 32.3 Å². The molecule has 152 valence electrons. The number of hydrazine groups is 1. The number of aryl methyl sites for hydroxylation is 2. The largest absolute Gasteiger partial charge is 0.451 e. The molecule has 2 heterocycles. The van der Waals surface area contributed by atoms with E-state index in [2.05, 4.69) is 15.8 Å². The first-order valence-electron chi connectivity index (χ1n) is 9.24. The fourth-order valence-corrected chi connectivity index (χ4v) is 4.73. The van der Waals surface area contributed by atoms with Gasteiger partial charge in [0.15, 0.2) is 5.76 Å². The first kappa shape index (κ1) is 20.2. The summed E-state index contributed by atoms with van der Waals surface area (Å²) >= 11 is 3.29. The summed E-state index contributed by atoms with van der Waals surface area (Å²) in [5, 5.41) is 2.90. The summed E-state index contributed by atoms with van der Waals surface area (Å²) < 4.78 is 6.64. The number of nitrogens with zero attached hydrogens (tertiary/aromatic N) is 1. The predicted octanol–water partition coefficient (Wildman–Crippen LogP) is 4.87. The van der Waals surface area contributed by atoms with E-state index in [0.29, 0.717) is 11.1 Å². The van der Waals surface area contributed by atoms with Gasteiger partial charge in [-0.25, -0.2) is 4.98 Å². The van der Waals surface area contributed by atoms with Gasteiger partial charge in [0, 0.05) is 33.3 Å². The summed E-state index contributed by atoms with van der Waals surface area (Å²) in [6.07, 6.45) is 0. The zero-order chi connectivity index (χ0) is 21.1. The van der Waals surface area contributed by atoms with Crippen LogP contribution in [0.1, 0.15) is 37.7 Å². The van der Waals surface area contributed by atoms with Gasteiger partial charge < -0.3 is 4.42 Å². The molecular weight excluding hydrogens is 418 g/mol. The molecule has 0 spiro atoms. The number of hydrogen-bond acceptors (Lipinski definition) is 6. The number of thioether (sulfide) groups is 1. The van der Waals surface area contributed by atoms with E-state index in [1.54, 1.807) is 41.3 Å². The van der Waals surface area contributed by atoms with Gasteiger partial charge in [0.05, 0.1) is 0 Å². The lowest BCUT2D eigenvalue weighted by atomic mass is 10.1. The van der Waals surface area contributed by atoms with Crippen molar-refractivity contribution in [2.24, 2.45) is 0 Å².